The largest absolute Gasteiger partial charge is 0.495 e. The van der Waals surface area contributed by atoms with Crippen LogP contribution in [0.1, 0.15) is 0 Å². The van der Waals surface area contributed by atoms with Gasteiger partial charge in [0.05, 0.1) is 31.4 Å². The van der Waals surface area contributed by atoms with E-state index in [4.69, 9.17) is 15.2 Å². The number of hydrogen-bond acceptors (Lipinski definition) is 7. The summed E-state index contributed by atoms with van der Waals surface area (Å²) in [6.07, 6.45) is 7.02. The van der Waals surface area contributed by atoms with Crippen LogP contribution in [0.2, 0.25) is 0 Å². The maximum absolute atomic E-state index is 5.78. The molecule has 0 bridgehead atoms. The molecule has 1 aliphatic rings. The maximum Gasteiger partial charge on any atom is 0.143 e. The Morgan fingerprint density at radius 2 is 2.32 bits per heavy atom. The zero-order chi connectivity index (χ0) is 17.2. The van der Waals surface area contributed by atoms with Crippen LogP contribution in [0.3, 0.4) is 0 Å². The van der Waals surface area contributed by atoms with E-state index in [-0.39, 0.29) is 6.10 Å². The molecule has 0 aliphatic carbocycles. The quantitative estimate of drug-likeness (QED) is 0.735. The van der Waals surface area contributed by atoms with E-state index in [1.165, 1.54) is 0 Å². The van der Waals surface area contributed by atoms with Gasteiger partial charge in [0.15, 0.2) is 0 Å². The Kier molecular flexibility index (Phi) is 4.21. The molecule has 3 N–H and O–H groups in total. The Balaban J connectivity index is 1.81. The molecule has 25 heavy (non-hydrogen) atoms. The van der Waals surface area contributed by atoms with Crippen LogP contribution in [0.4, 0.5) is 5.82 Å². The number of rotatable bonds is 4. The number of fused-ring (bicyclic) bond motifs is 1. The predicted molar refractivity (Wildman–Crippen MR) is 94.7 cm³/mol. The van der Waals surface area contributed by atoms with Gasteiger partial charge in [0, 0.05) is 43.2 Å². The van der Waals surface area contributed by atoms with Gasteiger partial charge in [-0.2, -0.15) is 0 Å². The zero-order valence-electron chi connectivity index (χ0n) is 14.0. The van der Waals surface area contributed by atoms with E-state index in [0.29, 0.717) is 25.4 Å². The predicted octanol–water partition coefficient (Wildman–Crippen LogP) is 1.19. The molecule has 0 radical (unpaired) electrons. The zero-order valence-corrected chi connectivity index (χ0v) is 14.0. The van der Waals surface area contributed by atoms with Crippen LogP contribution in [0.15, 0.2) is 31.0 Å². The lowest BCUT2D eigenvalue weighted by molar-refractivity contribution is 0.0464. The van der Waals surface area contributed by atoms with Gasteiger partial charge in [0.1, 0.15) is 23.5 Å². The van der Waals surface area contributed by atoms with E-state index in [1.807, 2.05) is 18.5 Å². The van der Waals surface area contributed by atoms with Crippen LogP contribution in [-0.4, -0.2) is 59.4 Å². The molecule has 8 heteroatoms. The molecule has 1 fully saturated rings. The van der Waals surface area contributed by atoms with E-state index >= 15 is 0 Å². The van der Waals surface area contributed by atoms with Crippen molar-refractivity contribution in [3.63, 3.8) is 0 Å². The fourth-order valence-electron chi connectivity index (χ4n) is 3.15. The van der Waals surface area contributed by atoms with Gasteiger partial charge in [-0.1, -0.05) is 0 Å². The molecule has 3 aromatic rings. The number of nitrogens with zero attached hydrogens (tertiary/aromatic N) is 4. The summed E-state index contributed by atoms with van der Waals surface area (Å²) in [5.74, 6) is 1.59. The van der Waals surface area contributed by atoms with Crippen molar-refractivity contribution in [3.05, 3.63) is 31.0 Å². The number of nitrogens with two attached hydrogens (primary N) is 1. The van der Waals surface area contributed by atoms with Crippen molar-refractivity contribution in [1.82, 2.24) is 19.9 Å². The van der Waals surface area contributed by atoms with E-state index in [0.717, 1.165) is 34.5 Å². The van der Waals surface area contributed by atoms with Crippen molar-refractivity contribution in [1.29, 1.82) is 0 Å². The van der Waals surface area contributed by atoms with E-state index in [2.05, 4.69) is 24.8 Å². The molecule has 0 amide bonds. The van der Waals surface area contributed by atoms with Gasteiger partial charge in [-0.05, 0) is 6.07 Å². The molecule has 4 heterocycles. The number of morpholine rings is 1. The normalized spacial score (nSPS) is 17.8. The third-order valence-corrected chi connectivity index (χ3v) is 4.41. The van der Waals surface area contributed by atoms with Gasteiger partial charge in [0.2, 0.25) is 0 Å². The van der Waals surface area contributed by atoms with Gasteiger partial charge < -0.3 is 25.1 Å². The molecule has 8 nitrogen and oxygen atoms in total. The Labute approximate surface area is 145 Å². The van der Waals surface area contributed by atoms with Crippen molar-refractivity contribution >= 4 is 16.9 Å². The van der Waals surface area contributed by atoms with E-state index < -0.39 is 0 Å². The summed E-state index contributed by atoms with van der Waals surface area (Å²) in [6.45, 7) is 2.60. The second-order valence-corrected chi connectivity index (χ2v) is 5.91. The van der Waals surface area contributed by atoms with Crippen LogP contribution in [0, 0.1) is 0 Å². The Bertz CT molecular complexity index is 880. The number of hydrogen-bond donors (Lipinski definition) is 2. The second kappa shape index (κ2) is 6.66. The number of aromatic amines is 1. The number of methoxy groups -OCH3 is 1. The standard InChI is InChI=1S/C17H20N6O2/c1-24-12-4-11(6-19-7-12)14-8-20-16-15(14)17(22-10-21-16)23-2-3-25-13(5-18)9-23/h4,6-8,10,13H,2-3,5,9,18H2,1H3,(H,20,21,22). The lowest BCUT2D eigenvalue weighted by atomic mass is 10.1. The molecule has 0 saturated carbocycles. The number of pyridine rings is 1. The van der Waals surface area contributed by atoms with Gasteiger partial charge in [-0.15, -0.1) is 0 Å². The summed E-state index contributed by atoms with van der Waals surface area (Å²) in [5, 5.41) is 0.968. The van der Waals surface area contributed by atoms with Crippen molar-refractivity contribution in [3.8, 4) is 16.9 Å². The highest BCUT2D eigenvalue weighted by Crippen LogP contribution is 2.34. The fourth-order valence-corrected chi connectivity index (χ4v) is 3.15. The summed E-state index contributed by atoms with van der Waals surface area (Å²) < 4.78 is 11.0. The number of nitrogens with one attached hydrogen (secondary N) is 1. The fraction of sp³-hybridized carbons (Fsp3) is 0.353. The van der Waals surface area contributed by atoms with Crippen LogP contribution >= 0.6 is 0 Å². The summed E-state index contributed by atoms with van der Waals surface area (Å²) in [5.41, 5.74) is 8.51. The molecule has 130 valence electrons. The molecule has 1 unspecified atom stereocenters. The van der Waals surface area contributed by atoms with E-state index in [1.54, 1.807) is 19.6 Å². The molecular formula is C17H20N6O2. The van der Waals surface area contributed by atoms with Crippen molar-refractivity contribution < 1.29 is 9.47 Å². The molecule has 0 aromatic carbocycles. The molecule has 0 spiro atoms. The maximum atomic E-state index is 5.78. The smallest absolute Gasteiger partial charge is 0.143 e. The minimum Gasteiger partial charge on any atom is -0.495 e. The SMILES string of the molecule is COc1cncc(-c2c[nH]c3ncnc(N4CCOC(CN)C4)c23)c1. The van der Waals surface area contributed by atoms with Gasteiger partial charge >= 0.3 is 0 Å². The average Bonchev–Trinajstić information content (AvgIpc) is 3.12. The van der Waals surface area contributed by atoms with Gasteiger partial charge in [-0.25, -0.2) is 9.97 Å². The molecular weight excluding hydrogens is 320 g/mol. The van der Waals surface area contributed by atoms with Crippen molar-refractivity contribution in [2.24, 2.45) is 5.73 Å². The Hall–Kier alpha value is -2.71. The second-order valence-electron chi connectivity index (χ2n) is 5.91. The average molecular weight is 340 g/mol. The highest BCUT2D eigenvalue weighted by atomic mass is 16.5. The first-order chi connectivity index (χ1) is 12.3. The van der Waals surface area contributed by atoms with Crippen LogP contribution in [0.25, 0.3) is 22.2 Å². The third-order valence-electron chi connectivity index (χ3n) is 4.41. The number of aromatic nitrogens is 4. The lowest BCUT2D eigenvalue weighted by Gasteiger charge is -2.33. The van der Waals surface area contributed by atoms with Crippen molar-refractivity contribution in [2.45, 2.75) is 6.10 Å². The van der Waals surface area contributed by atoms with Crippen LogP contribution < -0.4 is 15.4 Å². The minimum atomic E-state index is 0.0136. The van der Waals surface area contributed by atoms with Crippen LogP contribution in [-0.2, 0) is 4.74 Å². The molecule has 1 saturated heterocycles. The monoisotopic (exact) mass is 340 g/mol. The van der Waals surface area contributed by atoms with Crippen LogP contribution in [0.5, 0.6) is 5.75 Å². The summed E-state index contributed by atoms with van der Waals surface area (Å²) in [6, 6.07) is 1.95. The van der Waals surface area contributed by atoms with Gasteiger partial charge in [-0.3, -0.25) is 4.98 Å². The first kappa shape index (κ1) is 15.8. The van der Waals surface area contributed by atoms with Gasteiger partial charge in [0.25, 0.3) is 0 Å². The number of ether oxygens (including phenoxy) is 2. The topological polar surface area (TPSA) is 102 Å². The third kappa shape index (κ3) is 2.90. The molecule has 3 aromatic heterocycles. The molecule has 4 rings (SSSR count). The number of H-pyrrole nitrogens is 1. The summed E-state index contributed by atoms with van der Waals surface area (Å²) in [4.78, 5) is 18.6. The van der Waals surface area contributed by atoms with Crippen molar-refractivity contribution in [2.75, 3.05) is 38.3 Å². The molecule has 1 atom stereocenters. The minimum absolute atomic E-state index is 0.0136. The number of anilines is 1. The first-order valence-electron chi connectivity index (χ1n) is 8.18. The van der Waals surface area contributed by atoms with E-state index in [9.17, 15) is 0 Å². The summed E-state index contributed by atoms with van der Waals surface area (Å²) >= 11 is 0. The molecule has 1 aliphatic heterocycles. The lowest BCUT2D eigenvalue weighted by Crippen LogP contribution is -2.46. The first-order valence-corrected chi connectivity index (χ1v) is 8.18. The highest BCUT2D eigenvalue weighted by Gasteiger charge is 2.24. The Morgan fingerprint density at radius 1 is 1.40 bits per heavy atom. The Morgan fingerprint density at radius 3 is 3.16 bits per heavy atom. The summed E-state index contributed by atoms with van der Waals surface area (Å²) in [7, 11) is 1.63. The highest BCUT2D eigenvalue weighted by molar-refractivity contribution is 6.01.